The van der Waals surface area contributed by atoms with E-state index in [2.05, 4.69) is 5.10 Å². The normalized spacial score (nSPS) is 10.8. The van der Waals surface area contributed by atoms with Crippen molar-refractivity contribution in [3.8, 4) is 6.07 Å². The minimum absolute atomic E-state index is 0.0746. The number of rotatable bonds is 2. The van der Waals surface area contributed by atoms with E-state index in [1.807, 2.05) is 25.1 Å². The maximum atomic E-state index is 12.4. The van der Waals surface area contributed by atoms with Crippen molar-refractivity contribution in [1.82, 2.24) is 9.78 Å². The monoisotopic (exact) mass is 321 g/mol. The van der Waals surface area contributed by atoms with E-state index in [0.717, 1.165) is 10.9 Å². The van der Waals surface area contributed by atoms with Crippen molar-refractivity contribution < 1.29 is 4.42 Å². The summed E-state index contributed by atoms with van der Waals surface area (Å²) in [5.74, 6) is 0. The summed E-state index contributed by atoms with van der Waals surface area (Å²) >= 11 is 0. The second kappa shape index (κ2) is 5.78. The Labute approximate surface area is 137 Å². The summed E-state index contributed by atoms with van der Waals surface area (Å²) in [6.45, 7) is 5.44. The predicted molar refractivity (Wildman–Crippen MR) is 89.0 cm³/mol. The van der Waals surface area contributed by atoms with Gasteiger partial charge in [-0.05, 0) is 43.5 Å². The molecule has 6 nitrogen and oxygen atoms in total. The van der Waals surface area contributed by atoms with Gasteiger partial charge in [-0.25, -0.2) is 9.48 Å². The number of nitrogens with zero attached hydrogens (tertiary/aromatic N) is 3. The Morgan fingerprint density at radius 2 is 1.96 bits per heavy atom. The summed E-state index contributed by atoms with van der Waals surface area (Å²) in [5, 5.41) is 14.2. The Kier molecular flexibility index (Phi) is 3.78. The lowest BCUT2D eigenvalue weighted by Crippen LogP contribution is -2.28. The van der Waals surface area contributed by atoms with Crippen LogP contribution in [0.1, 0.15) is 27.9 Å². The number of fused-ring (bicyclic) bond motifs is 1. The fourth-order valence-corrected chi connectivity index (χ4v) is 2.64. The van der Waals surface area contributed by atoms with Crippen molar-refractivity contribution in [3.05, 3.63) is 73.0 Å². The molecule has 0 aliphatic carbocycles. The summed E-state index contributed by atoms with van der Waals surface area (Å²) in [5.41, 5.74) is 2.37. The first-order valence-corrected chi connectivity index (χ1v) is 7.42. The van der Waals surface area contributed by atoms with Gasteiger partial charge in [0.05, 0.1) is 12.2 Å². The Morgan fingerprint density at radius 1 is 1.21 bits per heavy atom. The maximum absolute atomic E-state index is 12.4. The van der Waals surface area contributed by atoms with Crippen molar-refractivity contribution in [1.29, 1.82) is 5.26 Å². The van der Waals surface area contributed by atoms with Gasteiger partial charge in [-0.3, -0.25) is 4.79 Å². The highest BCUT2D eigenvalue weighted by Gasteiger charge is 2.14. The van der Waals surface area contributed by atoms with Crippen molar-refractivity contribution in [3.63, 3.8) is 0 Å². The third-order valence-electron chi connectivity index (χ3n) is 4.05. The Morgan fingerprint density at radius 3 is 2.67 bits per heavy atom. The average Bonchev–Trinajstić information content (AvgIpc) is 2.52. The van der Waals surface area contributed by atoms with E-state index in [4.69, 9.17) is 4.42 Å². The van der Waals surface area contributed by atoms with Crippen LogP contribution in [0.5, 0.6) is 0 Å². The number of hydrogen-bond acceptors (Lipinski definition) is 5. The van der Waals surface area contributed by atoms with Crippen LogP contribution < -0.4 is 11.2 Å². The van der Waals surface area contributed by atoms with Crippen LogP contribution in [0.25, 0.3) is 11.0 Å². The molecule has 0 N–H and O–H groups in total. The van der Waals surface area contributed by atoms with E-state index in [-0.39, 0.29) is 12.1 Å². The first-order valence-electron chi connectivity index (χ1n) is 7.42. The van der Waals surface area contributed by atoms with Crippen LogP contribution in [0.2, 0.25) is 0 Å². The number of hydrogen-bond donors (Lipinski definition) is 0. The van der Waals surface area contributed by atoms with E-state index in [9.17, 15) is 14.9 Å². The van der Waals surface area contributed by atoms with E-state index in [0.29, 0.717) is 22.4 Å². The van der Waals surface area contributed by atoms with Crippen molar-refractivity contribution >= 4 is 11.0 Å². The molecule has 24 heavy (non-hydrogen) atoms. The van der Waals surface area contributed by atoms with Crippen LogP contribution in [-0.4, -0.2) is 9.78 Å². The fraction of sp³-hybridized carbons (Fsp3) is 0.222. The van der Waals surface area contributed by atoms with Crippen LogP contribution in [-0.2, 0) is 6.54 Å². The molecule has 2 heterocycles. The summed E-state index contributed by atoms with van der Waals surface area (Å²) in [6, 6.07) is 8.82. The minimum Gasteiger partial charge on any atom is -0.423 e. The van der Waals surface area contributed by atoms with Gasteiger partial charge in [-0.1, -0.05) is 12.1 Å². The molecule has 0 unspecified atom stereocenters. The molecule has 0 aliphatic heterocycles. The van der Waals surface area contributed by atoms with Crippen molar-refractivity contribution in [2.24, 2.45) is 0 Å². The third kappa shape index (κ3) is 2.61. The molecule has 2 aromatic heterocycles. The topological polar surface area (TPSA) is 88.9 Å². The van der Waals surface area contributed by atoms with Gasteiger partial charge in [-0.2, -0.15) is 10.4 Å². The molecule has 0 spiro atoms. The number of benzene rings is 1. The van der Waals surface area contributed by atoms with Crippen LogP contribution >= 0.6 is 0 Å². The molecule has 0 saturated carbocycles. The average molecular weight is 321 g/mol. The second-order valence-corrected chi connectivity index (χ2v) is 5.75. The molecule has 0 atom stereocenters. The molecule has 1 aromatic carbocycles. The summed E-state index contributed by atoms with van der Waals surface area (Å²) in [6.07, 6.45) is 0. The molecule has 3 aromatic rings. The SMILES string of the molecule is Cc1ccc2c(Cn3nc(C)c(C)c(C#N)c3=O)cc(=O)oc2c1. The zero-order chi connectivity index (χ0) is 17.4. The largest absolute Gasteiger partial charge is 0.423 e. The highest BCUT2D eigenvalue weighted by Crippen LogP contribution is 2.19. The Bertz CT molecular complexity index is 1120. The Balaban J connectivity index is 2.22. The first kappa shape index (κ1) is 15.7. The lowest BCUT2D eigenvalue weighted by atomic mass is 10.1. The number of aromatic nitrogens is 2. The third-order valence-corrected chi connectivity index (χ3v) is 4.05. The molecule has 0 amide bonds. The van der Waals surface area contributed by atoms with Gasteiger partial charge >= 0.3 is 5.63 Å². The highest BCUT2D eigenvalue weighted by atomic mass is 16.4. The smallest absolute Gasteiger partial charge is 0.336 e. The van der Waals surface area contributed by atoms with Crippen molar-refractivity contribution in [2.45, 2.75) is 27.3 Å². The molecule has 0 aliphatic rings. The summed E-state index contributed by atoms with van der Waals surface area (Å²) < 4.78 is 6.44. The van der Waals surface area contributed by atoms with E-state index >= 15 is 0 Å². The summed E-state index contributed by atoms with van der Waals surface area (Å²) in [4.78, 5) is 24.2. The molecule has 120 valence electrons. The van der Waals surface area contributed by atoms with Crippen LogP contribution in [0, 0.1) is 32.1 Å². The van der Waals surface area contributed by atoms with E-state index in [1.54, 1.807) is 19.9 Å². The van der Waals surface area contributed by atoms with Crippen LogP contribution in [0.15, 0.2) is 38.3 Å². The molecule has 3 rings (SSSR count). The van der Waals surface area contributed by atoms with Crippen LogP contribution in [0.4, 0.5) is 0 Å². The number of nitriles is 1. The maximum Gasteiger partial charge on any atom is 0.336 e. The Hall–Kier alpha value is -3.20. The zero-order valence-electron chi connectivity index (χ0n) is 13.6. The fourth-order valence-electron chi connectivity index (χ4n) is 2.64. The van der Waals surface area contributed by atoms with Gasteiger partial charge in [0.1, 0.15) is 17.2 Å². The van der Waals surface area contributed by atoms with Gasteiger partial charge in [0.25, 0.3) is 5.56 Å². The second-order valence-electron chi connectivity index (χ2n) is 5.75. The van der Waals surface area contributed by atoms with Crippen molar-refractivity contribution in [2.75, 3.05) is 0 Å². The zero-order valence-corrected chi connectivity index (χ0v) is 13.6. The van der Waals surface area contributed by atoms with Gasteiger partial charge in [0.2, 0.25) is 0 Å². The minimum atomic E-state index is -0.486. The van der Waals surface area contributed by atoms with Gasteiger partial charge in [-0.15, -0.1) is 0 Å². The molecule has 0 fully saturated rings. The van der Waals surface area contributed by atoms with Gasteiger partial charge in [0, 0.05) is 11.5 Å². The molecular weight excluding hydrogens is 306 g/mol. The van der Waals surface area contributed by atoms with Gasteiger partial charge < -0.3 is 4.42 Å². The predicted octanol–water partition coefficient (Wildman–Crippen LogP) is 2.19. The highest BCUT2D eigenvalue weighted by molar-refractivity contribution is 5.80. The summed E-state index contributed by atoms with van der Waals surface area (Å²) in [7, 11) is 0. The van der Waals surface area contributed by atoms with Crippen LogP contribution in [0.3, 0.4) is 0 Å². The molecule has 0 saturated heterocycles. The quantitative estimate of drug-likeness (QED) is 0.675. The van der Waals surface area contributed by atoms with E-state index in [1.165, 1.54) is 10.7 Å². The standard InChI is InChI=1S/C18H15N3O3/c1-10-4-5-14-13(7-17(22)24-16(14)6-10)9-21-18(23)15(8-19)11(2)12(3)20-21/h4-7H,9H2,1-3H3. The molecular formula is C18H15N3O3. The molecule has 0 bridgehead atoms. The van der Waals surface area contributed by atoms with Gasteiger partial charge in [0.15, 0.2) is 0 Å². The lowest BCUT2D eigenvalue weighted by Gasteiger charge is -2.10. The molecule has 0 radical (unpaired) electrons. The number of aryl methyl sites for hydroxylation is 2. The first-order chi connectivity index (χ1) is 11.4. The van der Waals surface area contributed by atoms with E-state index < -0.39 is 11.2 Å². The lowest BCUT2D eigenvalue weighted by molar-refractivity contribution is 0.553. The molecule has 6 heteroatoms.